The van der Waals surface area contributed by atoms with Gasteiger partial charge >= 0.3 is 6.03 Å². The lowest BCUT2D eigenvalue weighted by molar-refractivity contribution is 0.254. The normalized spacial score (nSPS) is 5.88. The van der Waals surface area contributed by atoms with Crippen LogP contribution < -0.4 is 16.6 Å². The van der Waals surface area contributed by atoms with Gasteiger partial charge in [0.2, 0.25) is 0 Å². The fourth-order valence-electron chi connectivity index (χ4n) is 0.0731. The molecule has 0 spiro atoms. The van der Waals surface area contributed by atoms with Crippen LogP contribution in [0.15, 0.2) is 0 Å². The SMILES string of the molecule is N.N#CSNC(N)=O. The average molecular weight is 134 g/mol. The number of rotatable bonds is 1. The van der Waals surface area contributed by atoms with Gasteiger partial charge < -0.3 is 11.9 Å². The van der Waals surface area contributed by atoms with Crippen LogP contribution in [-0.2, 0) is 0 Å². The van der Waals surface area contributed by atoms with Crippen molar-refractivity contribution >= 4 is 18.0 Å². The fourth-order valence-corrected chi connectivity index (χ4v) is 0.219. The first-order chi connectivity index (χ1) is 3.27. The van der Waals surface area contributed by atoms with Crippen LogP contribution in [0.1, 0.15) is 0 Å². The van der Waals surface area contributed by atoms with E-state index in [4.69, 9.17) is 5.26 Å². The van der Waals surface area contributed by atoms with E-state index in [2.05, 4.69) is 5.73 Å². The number of nitriles is 1. The lowest BCUT2D eigenvalue weighted by Gasteiger charge is -1.85. The first-order valence-electron chi connectivity index (χ1n) is 1.37. The van der Waals surface area contributed by atoms with Gasteiger partial charge in [-0.05, 0) is 0 Å². The number of carbonyl (C=O) groups excluding carboxylic acids is 1. The summed E-state index contributed by atoms with van der Waals surface area (Å²) in [6, 6.07) is -0.702. The minimum Gasteiger partial charge on any atom is -0.351 e. The lowest BCUT2D eigenvalue weighted by Crippen LogP contribution is -2.22. The third-order valence-electron chi connectivity index (χ3n) is 0.197. The van der Waals surface area contributed by atoms with E-state index in [1.54, 1.807) is 5.40 Å². The summed E-state index contributed by atoms with van der Waals surface area (Å²) in [5.74, 6) is 0. The van der Waals surface area contributed by atoms with Crippen molar-refractivity contribution in [2.45, 2.75) is 0 Å². The molecule has 2 amide bonds. The maximum atomic E-state index is 9.70. The summed E-state index contributed by atoms with van der Waals surface area (Å²) in [7, 11) is 0. The highest BCUT2D eigenvalue weighted by Gasteiger charge is 1.84. The summed E-state index contributed by atoms with van der Waals surface area (Å²) >= 11 is 0.597. The number of amides is 2. The largest absolute Gasteiger partial charge is 0.351 e. The first-order valence-corrected chi connectivity index (χ1v) is 2.19. The predicted octanol–water partition coefficient (Wildman–Crippen LogP) is -0.0540. The molecular formula is C2H6N4OS. The Balaban J connectivity index is 0. The smallest absolute Gasteiger partial charge is 0.322 e. The Morgan fingerprint density at radius 3 is 2.50 bits per heavy atom. The van der Waals surface area contributed by atoms with Crippen LogP contribution in [0.2, 0.25) is 0 Å². The molecular weight excluding hydrogens is 128 g/mol. The van der Waals surface area contributed by atoms with Gasteiger partial charge in [0.05, 0.1) is 11.9 Å². The molecule has 0 aromatic rings. The van der Waals surface area contributed by atoms with Gasteiger partial charge in [-0.3, -0.25) is 4.72 Å². The summed E-state index contributed by atoms with van der Waals surface area (Å²) in [4.78, 5) is 9.70. The average Bonchev–Trinajstić information content (AvgIpc) is 1.61. The number of hydrogen-bond donors (Lipinski definition) is 3. The predicted molar refractivity (Wildman–Crippen MR) is 30.9 cm³/mol. The van der Waals surface area contributed by atoms with Crippen LogP contribution in [0.5, 0.6) is 0 Å². The second kappa shape index (κ2) is 6.07. The Morgan fingerprint density at radius 2 is 2.38 bits per heavy atom. The van der Waals surface area contributed by atoms with Gasteiger partial charge in [-0.2, -0.15) is 5.26 Å². The zero-order chi connectivity index (χ0) is 5.70. The number of nitrogens with two attached hydrogens (primary N) is 1. The zero-order valence-corrected chi connectivity index (χ0v) is 4.86. The Labute approximate surface area is 50.9 Å². The maximum absolute atomic E-state index is 9.70. The van der Waals surface area contributed by atoms with Gasteiger partial charge in [-0.15, -0.1) is 0 Å². The molecule has 46 valence electrons. The monoisotopic (exact) mass is 134 g/mol. The molecule has 0 unspecified atom stereocenters. The quantitative estimate of drug-likeness (QED) is 0.344. The summed E-state index contributed by atoms with van der Waals surface area (Å²) in [6.07, 6.45) is 0. The van der Waals surface area contributed by atoms with E-state index in [1.807, 2.05) is 4.72 Å². The van der Waals surface area contributed by atoms with Crippen molar-refractivity contribution in [1.29, 1.82) is 5.26 Å². The molecule has 0 aliphatic carbocycles. The molecule has 0 radical (unpaired) electrons. The van der Waals surface area contributed by atoms with Gasteiger partial charge in [0.25, 0.3) is 0 Å². The van der Waals surface area contributed by atoms with Crippen molar-refractivity contribution in [2.75, 3.05) is 0 Å². The topological polar surface area (TPSA) is 114 Å². The van der Waals surface area contributed by atoms with Crippen LogP contribution in [0, 0.1) is 10.7 Å². The molecule has 0 aliphatic heterocycles. The molecule has 0 aromatic carbocycles. The Hall–Kier alpha value is -0.930. The molecule has 0 heterocycles. The zero-order valence-electron chi connectivity index (χ0n) is 4.05. The minimum atomic E-state index is -0.702. The highest BCUT2D eigenvalue weighted by molar-refractivity contribution is 8.02. The molecule has 0 aliphatic rings. The van der Waals surface area contributed by atoms with Gasteiger partial charge in [0.1, 0.15) is 0 Å². The summed E-state index contributed by atoms with van der Waals surface area (Å²) in [6.45, 7) is 0. The number of nitrogens with zero attached hydrogens (tertiary/aromatic N) is 1. The molecule has 0 saturated heterocycles. The van der Waals surface area contributed by atoms with Crippen molar-refractivity contribution in [3.05, 3.63) is 0 Å². The van der Waals surface area contributed by atoms with Crippen molar-refractivity contribution in [3.63, 3.8) is 0 Å². The molecule has 0 saturated carbocycles. The molecule has 0 fully saturated rings. The van der Waals surface area contributed by atoms with E-state index < -0.39 is 6.03 Å². The van der Waals surface area contributed by atoms with E-state index in [1.165, 1.54) is 0 Å². The molecule has 6 N–H and O–H groups in total. The molecule has 8 heavy (non-hydrogen) atoms. The van der Waals surface area contributed by atoms with E-state index in [0.717, 1.165) is 0 Å². The molecule has 0 atom stereocenters. The fraction of sp³-hybridized carbons (Fsp3) is 0. The number of nitrogens with one attached hydrogen (secondary N) is 1. The maximum Gasteiger partial charge on any atom is 0.322 e. The van der Waals surface area contributed by atoms with Gasteiger partial charge in [-0.25, -0.2) is 4.79 Å². The van der Waals surface area contributed by atoms with Gasteiger partial charge in [0, 0.05) is 0 Å². The van der Waals surface area contributed by atoms with E-state index in [0.29, 0.717) is 11.9 Å². The number of urea groups is 1. The number of primary amides is 1. The summed E-state index contributed by atoms with van der Waals surface area (Å²) in [5.41, 5.74) is 4.56. The first kappa shape index (κ1) is 10.1. The molecule has 6 heteroatoms. The van der Waals surface area contributed by atoms with Crippen molar-refractivity contribution < 1.29 is 4.79 Å². The Morgan fingerprint density at radius 1 is 1.88 bits per heavy atom. The third-order valence-corrected chi connectivity index (χ3v) is 0.592. The Bertz CT molecular complexity index is 107. The summed E-state index contributed by atoms with van der Waals surface area (Å²) < 4.78 is 1.99. The highest BCUT2D eigenvalue weighted by atomic mass is 32.2. The van der Waals surface area contributed by atoms with Crippen LogP contribution in [0.25, 0.3) is 0 Å². The van der Waals surface area contributed by atoms with Crippen molar-refractivity contribution in [2.24, 2.45) is 5.73 Å². The number of carbonyl (C=O) groups is 1. The minimum absolute atomic E-state index is 0. The van der Waals surface area contributed by atoms with Crippen LogP contribution >= 0.6 is 11.9 Å². The Kier molecular flexibility index (Phi) is 7.69. The van der Waals surface area contributed by atoms with Crippen LogP contribution in [-0.4, -0.2) is 6.03 Å². The lowest BCUT2D eigenvalue weighted by atomic mass is 11.2. The molecule has 0 aromatic heterocycles. The van der Waals surface area contributed by atoms with Crippen molar-refractivity contribution in [3.8, 4) is 5.40 Å². The summed E-state index contributed by atoms with van der Waals surface area (Å²) in [5, 5.41) is 9.36. The van der Waals surface area contributed by atoms with Crippen LogP contribution in [0.4, 0.5) is 4.79 Å². The second-order valence-electron chi connectivity index (χ2n) is 0.660. The van der Waals surface area contributed by atoms with Crippen LogP contribution in [0.3, 0.4) is 0 Å². The molecule has 5 nitrogen and oxygen atoms in total. The van der Waals surface area contributed by atoms with E-state index in [-0.39, 0.29) is 6.15 Å². The third kappa shape index (κ3) is 8.91. The molecule has 0 bridgehead atoms. The molecule has 0 rings (SSSR count). The van der Waals surface area contributed by atoms with Crippen molar-refractivity contribution in [1.82, 2.24) is 10.9 Å². The standard InChI is InChI=1S/C2H3N3OS.H3N/c3-1-7-5-2(4)6;/h(H3,4,5,6);1H3. The van der Waals surface area contributed by atoms with E-state index in [9.17, 15) is 4.79 Å². The van der Waals surface area contributed by atoms with E-state index >= 15 is 0 Å². The highest BCUT2D eigenvalue weighted by Crippen LogP contribution is 1.82. The van der Waals surface area contributed by atoms with Gasteiger partial charge in [-0.1, -0.05) is 0 Å². The second-order valence-corrected chi connectivity index (χ2v) is 1.25. The van der Waals surface area contributed by atoms with Gasteiger partial charge in [0.15, 0.2) is 5.40 Å². The number of hydrogen-bond acceptors (Lipinski definition) is 4. The number of thiocyanates is 1.